The van der Waals surface area contributed by atoms with E-state index in [4.69, 9.17) is 11.6 Å². The van der Waals surface area contributed by atoms with Crippen molar-refractivity contribution < 1.29 is 9.59 Å². The summed E-state index contributed by atoms with van der Waals surface area (Å²) in [7, 11) is 0. The van der Waals surface area contributed by atoms with E-state index < -0.39 is 6.04 Å². The summed E-state index contributed by atoms with van der Waals surface area (Å²) in [5.41, 5.74) is 3.89. The molecule has 28 heavy (non-hydrogen) atoms. The zero-order chi connectivity index (χ0) is 19.7. The monoisotopic (exact) mass is 390 g/mol. The van der Waals surface area contributed by atoms with E-state index in [2.05, 4.69) is 5.32 Å². The average molecular weight is 391 g/mol. The van der Waals surface area contributed by atoms with Crippen LogP contribution in [0.3, 0.4) is 0 Å². The Kier molecular flexibility index (Phi) is 4.88. The lowest BCUT2D eigenvalue weighted by Crippen LogP contribution is -2.45. The number of hydrogen-bond donors (Lipinski definition) is 1. The van der Waals surface area contributed by atoms with Gasteiger partial charge in [0.05, 0.1) is 0 Å². The summed E-state index contributed by atoms with van der Waals surface area (Å²) in [6.45, 7) is 1.89. The Hall–Kier alpha value is -3.11. The maximum atomic E-state index is 13.2. The number of amides is 2. The minimum Gasteiger partial charge on any atom is -0.324 e. The summed E-state index contributed by atoms with van der Waals surface area (Å²) in [6.07, 6.45) is 0.479. The third kappa shape index (κ3) is 3.39. The molecule has 0 aromatic heterocycles. The Balaban J connectivity index is 1.67. The van der Waals surface area contributed by atoms with E-state index >= 15 is 0 Å². The van der Waals surface area contributed by atoms with Crippen LogP contribution >= 0.6 is 11.6 Å². The molecule has 0 spiro atoms. The molecule has 0 radical (unpaired) electrons. The van der Waals surface area contributed by atoms with E-state index in [0.29, 0.717) is 22.7 Å². The first-order valence-corrected chi connectivity index (χ1v) is 9.46. The standard InChI is InChI=1S/C23H19ClN2O2/c1-15-13-18(24)11-12-19(15)25-22(27)21-14-17-9-5-6-10-20(17)26(21)23(28)16-7-3-2-4-8-16/h2-13,21H,14H2,1H3,(H,25,27)/t21-/m0/s1. The van der Waals surface area contributed by atoms with Gasteiger partial charge in [-0.1, -0.05) is 48.0 Å². The van der Waals surface area contributed by atoms with Gasteiger partial charge in [-0.05, 0) is 54.4 Å². The zero-order valence-electron chi connectivity index (χ0n) is 15.4. The van der Waals surface area contributed by atoms with Crippen molar-refractivity contribution in [2.75, 3.05) is 10.2 Å². The van der Waals surface area contributed by atoms with Gasteiger partial charge in [-0.15, -0.1) is 0 Å². The van der Waals surface area contributed by atoms with E-state index in [1.807, 2.05) is 49.4 Å². The quantitative estimate of drug-likeness (QED) is 0.694. The van der Waals surface area contributed by atoms with Crippen molar-refractivity contribution in [2.24, 2.45) is 0 Å². The molecule has 1 N–H and O–H groups in total. The molecule has 0 saturated heterocycles. The number of benzene rings is 3. The summed E-state index contributed by atoms with van der Waals surface area (Å²) in [5, 5.41) is 3.57. The van der Waals surface area contributed by atoms with Crippen LogP contribution in [0.1, 0.15) is 21.5 Å². The SMILES string of the molecule is Cc1cc(Cl)ccc1NC(=O)[C@@H]1Cc2ccccc2N1C(=O)c1ccccc1. The zero-order valence-corrected chi connectivity index (χ0v) is 16.1. The topological polar surface area (TPSA) is 49.4 Å². The minimum atomic E-state index is -0.611. The number of aryl methyl sites for hydroxylation is 1. The fraction of sp³-hybridized carbons (Fsp3) is 0.130. The van der Waals surface area contributed by atoms with Gasteiger partial charge < -0.3 is 5.32 Å². The molecule has 1 atom stereocenters. The molecule has 1 aliphatic heterocycles. The lowest BCUT2D eigenvalue weighted by molar-refractivity contribution is -0.117. The highest BCUT2D eigenvalue weighted by molar-refractivity contribution is 6.30. The van der Waals surface area contributed by atoms with Crippen LogP contribution < -0.4 is 10.2 Å². The summed E-state index contributed by atoms with van der Waals surface area (Å²) < 4.78 is 0. The average Bonchev–Trinajstić information content (AvgIpc) is 3.10. The van der Waals surface area contributed by atoms with Gasteiger partial charge in [0.2, 0.25) is 5.91 Å². The molecular weight excluding hydrogens is 372 g/mol. The lowest BCUT2D eigenvalue weighted by Gasteiger charge is -2.25. The number of fused-ring (bicyclic) bond motifs is 1. The Morgan fingerprint density at radius 1 is 1.00 bits per heavy atom. The van der Waals surface area contributed by atoms with Crippen LogP contribution in [0.25, 0.3) is 0 Å². The molecule has 0 bridgehead atoms. The molecule has 0 fully saturated rings. The number of anilines is 2. The molecule has 2 amide bonds. The number of hydrogen-bond acceptors (Lipinski definition) is 2. The third-order valence-corrected chi connectivity index (χ3v) is 5.20. The summed E-state index contributed by atoms with van der Waals surface area (Å²) >= 11 is 6.01. The highest BCUT2D eigenvalue weighted by atomic mass is 35.5. The van der Waals surface area contributed by atoms with Crippen molar-refractivity contribution in [1.29, 1.82) is 0 Å². The second kappa shape index (κ2) is 7.49. The molecule has 3 aromatic rings. The fourth-order valence-corrected chi connectivity index (χ4v) is 3.78. The maximum absolute atomic E-state index is 13.2. The van der Waals surface area contributed by atoms with E-state index in [1.54, 1.807) is 35.2 Å². The summed E-state index contributed by atoms with van der Waals surface area (Å²) in [4.78, 5) is 27.9. The second-order valence-electron chi connectivity index (χ2n) is 6.84. The molecule has 0 saturated carbocycles. The molecule has 1 aliphatic rings. The molecule has 4 rings (SSSR count). The molecule has 1 heterocycles. The number of carbonyl (C=O) groups excluding carboxylic acids is 2. The Labute approximate surface area is 168 Å². The molecule has 5 heteroatoms. The molecule has 0 unspecified atom stereocenters. The van der Waals surface area contributed by atoms with Gasteiger partial charge in [0.25, 0.3) is 5.91 Å². The normalized spacial score (nSPS) is 15.2. The number of carbonyl (C=O) groups is 2. The largest absolute Gasteiger partial charge is 0.324 e. The number of rotatable bonds is 3. The Bertz CT molecular complexity index is 1050. The van der Waals surface area contributed by atoms with Gasteiger partial charge in [-0.25, -0.2) is 0 Å². The lowest BCUT2D eigenvalue weighted by atomic mass is 10.1. The van der Waals surface area contributed by atoms with Crippen molar-refractivity contribution in [3.05, 3.63) is 94.5 Å². The van der Waals surface area contributed by atoms with E-state index in [-0.39, 0.29) is 11.8 Å². The van der Waals surface area contributed by atoms with E-state index in [9.17, 15) is 9.59 Å². The molecule has 4 nitrogen and oxygen atoms in total. The highest BCUT2D eigenvalue weighted by Gasteiger charge is 2.38. The third-order valence-electron chi connectivity index (χ3n) is 4.96. The van der Waals surface area contributed by atoms with Gasteiger partial charge in [-0.3, -0.25) is 14.5 Å². The first-order chi connectivity index (χ1) is 13.5. The molecule has 140 valence electrons. The number of nitrogens with zero attached hydrogens (tertiary/aromatic N) is 1. The summed E-state index contributed by atoms with van der Waals surface area (Å²) in [6, 6.07) is 21.4. The first kappa shape index (κ1) is 18.3. The Morgan fingerprint density at radius 3 is 2.46 bits per heavy atom. The molecule has 0 aliphatic carbocycles. The summed E-state index contributed by atoms with van der Waals surface area (Å²) in [5.74, 6) is -0.399. The van der Waals surface area contributed by atoms with Crippen LogP contribution in [-0.4, -0.2) is 17.9 Å². The van der Waals surface area contributed by atoms with Gasteiger partial charge >= 0.3 is 0 Å². The van der Waals surface area contributed by atoms with Crippen molar-refractivity contribution in [1.82, 2.24) is 0 Å². The van der Waals surface area contributed by atoms with E-state index in [1.165, 1.54) is 0 Å². The van der Waals surface area contributed by atoms with Gasteiger partial charge in [0.15, 0.2) is 0 Å². The van der Waals surface area contributed by atoms with Gasteiger partial charge in [-0.2, -0.15) is 0 Å². The number of nitrogens with one attached hydrogen (secondary N) is 1. The van der Waals surface area contributed by atoms with Crippen LogP contribution in [0, 0.1) is 6.92 Å². The highest BCUT2D eigenvalue weighted by Crippen LogP contribution is 2.34. The predicted octanol–water partition coefficient (Wildman–Crippen LogP) is 4.86. The molecule has 3 aromatic carbocycles. The van der Waals surface area contributed by atoms with E-state index in [0.717, 1.165) is 16.8 Å². The fourth-order valence-electron chi connectivity index (χ4n) is 3.55. The van der Waals surface area contributed by atoms with Crippen molar-refractivity contribution in [2.45, 2.75) is 19.4 Å². The predicted molar refractivity (Wildman–Crippen MR) is 112 cm³/mol. The minimum absolute atomic E-state index is 0.182. The van der Waals surface area contributed by atoms with Crippen LogP contribution in [0.5, 0.6) is 0 Å². The van der Waals surface area contributed by atoms with Crippen molar-refractivity contribution >= 4 is 34.8 Å². The smallest absolute Gasteiger partial charge is 0.259 e. The molecular formula is C23H19ClN2O2. The number of para-hydroxylation sites is 1. The van der Waals surface area contributed by atoms with Crippen LogP contribution in [-0.2, 0) is 11.2 Å². The van der Waals surface area contributed by atoms with Crippen LogP contribution in [0.4, 0.5) is 11.4 Å². The first-order valence-electron chi connectivity index (χ1n) is 9.08. The van der Waals surface area contributed by atoms with Gasteiger partial charge in [0, 0.05) is 28.4 Å². The van der Waals surface area contributed by atoms with Crippen LogP contribution in [0.2, 0.25) is 5.02 Å². The number of halogens is 1. The van der Waals surface area contributed by atoms with Crippen molar-refractivity contribution in [3.8, 4) is 0 Å². The van der Waals surface area contributed by atoms with Gasteiger partial charge in [0.1, 0.15) is 6.04 Å². The Morgan fingerprint density at radius 2 is 1.71 bits per heavy atom. The second-order valence-corrected chi connectivity index (χ2v) is 7.27. The van der Waals surface area contributed by atoms with Crippen molar-refractivity contribution in [3.63, 3.8) is 0 Å². The maximum Gasteiger partial charge on any atom is 0.259 e. The van der Waals surface area contributed by atoms with Crippen LogP contribution in [0.15, 0.2) is 72.8 Å².